The van der Waals surface area contributed by atoms with Crippen LogP contribution >= 0.6 is 0 Å². The van der Waals surface area contributed by atoms with Crippen molar-refractivity contribution in [2.45, 2.75) is 24.7 Å². The van der Waals surface area contributed by atoms with E-state index in [1.165, 1.54) is 33.1 Å². The summed E-state index contributed by atoms with van der Waals surface area (Å²) in [6.07, 6.45) is 1.05. The first-order valence-corrected chi connectivity index (χ1v) is 12.3. The van der Waals surface area contributed by atoms with Gasteiger partial charge in [0.2, 0.25) is 15.9 Å². The second-order valence-corrected chi connectivity index (χ2v) is 9.99. The van der Waals surface area contributed by atoms with Gasteiger partial charge in [0.25, 0.3) is 0 Å². The summed E-state index contributed by atoms with van der Waals surface area (Å²) in [5, 5.41) is 2.77. The van der Waals surface area contributed by atoms with Gasteiger partial charge in [-0.25, -0.2) is 18.0 Å². The van der Waals surface area contributed by atoms with E-state index in [1.54, 1.807) is 32.2 Å². The molecular weight excluding hydrogens is 462 g/mol. The van der Waals surface area contributed by atoms with Crippen molar-refractivity contribution in [3.63, 3.8) is 0 Å². The average Bonchev–Trinajstić information content (AvgIpc) is 3.12. The second kappa shape index (κ2) is 9.43. The molecule has 0 aliphatic carbocycles. The molecule has 1 aliphatic heterocycles. The molecule has 3 aromatic rings. The first kappa shape index (κ1) is 23.7. The number of nitrogens with zero attached hydrogens (tertiary/aromatic N) is 2. The number of aromatic nitrogens is 1. The zero-order valence-corrected chi connectivity index (χ0v) is 19.6. The van der Waals surface area contributed by atoms with Crippen LogP contribution in [0.3, 0.4) is 0 Å². The van der Waals surface area contributed by atoms with Crippen LogP contribution in [0.5, 0.6) is 0 Å². The van der Waals surface area contributed by atoms with Gasteiger partial charge in [0.05, 0.1) is 28.5 Å². The van der Waals surface area contributed by atoms with Crippen LogP contribution < -0.4 is 11.1 Å². The molecule has 1 aliphatic rings. The Labute approximate surface area is 196 Å². The molecule has 0 saturated carbocycles. The molecule has 0 bridgehead atoms. The van der Waals surface area contributed by atoms with Gasteiger partial charge >= 0.3 is 11.7 Å². The highest BCUT2D eigenvalue weighted by Crippen LogP contribution is 2.27. The fourth-order valence-corrected chi connectivity index (χ4v) is 5.52. The predicted octanol–water partition coefficient (Wildman–Crippen LogP) is 2.35. The summed E-state index contributed by atoms with van der Waals surface area (Å²) in [6, 6.07) is 10.7. The molecule has 1 N–H and O–H groups in total. The minimum Gasteiger partial charge on any atom is -0.462 e. The normalized spacial score (nSPS) is 16.9. The van der Waals surface area contributed by atoms with E-state index in [-0.39, 0.29) is 36.1 Å². The lowest BCUT2D eigenvalue weighted by molar-refractivity contribution is -0.120. The van der Waals surface area contributed by atoms with Crippen molar-refractivity contribution in [2.24, 2.45) is 13.0 Å². The lowest BCUT2D eigenvalue weighted by atomic mass is 9.98. The first-order valence-electron chi connectivity index (χ1n) is 10.9. The number of nitrogens with one attached hydrogen (secondary N) is 1. The molecule has 0 spiro atoms. The summed E-state index contributed by atoms with van der Waals surface area (Å²) in [4.78, 5) is 36.6. The van der Waals surface area contributed by atoms with Crippen LogP contribution in [0.25, 0.3) is 11.1 Å². The van der Waals surface area contributed by atoms with Gasteiger partial charge in [-0.3, -0.25) is 9.36 Å². The molecular formula is C23H25N3O7S. The van der Waals surface area contributed by atoms with Crippen molar-refractivity contribution in [2.75, 3.05) is 25.0 Å². The lowest BCUT2D eigenvalue weighted by Crippen LogP contribution is -2.43. The Balaban J connectivity index is 1.49. The highest BCUT2D eigenvalue weighted by atomic mass is 32.2. The summed E-state index contributed by atoms with van der Waals surface area (Å²) in [5.74, 6) is -1.95. The number of hydrogen-bond acceptors (Lipinski definition) is 7. The van der Waals surface area contributed by atoms with E-state index in [2.05, 4.69) is 5.32 Å². The van der Waals surface area contributed by atoms with Crippen molar-refractivity contribution in [3.05, 3.63) is 58.6 Å². The highest BCUT2D eigenvalue weighted by Gasteiger charge is 2.33. The number of benzene rings is 2. The maximum atomic E-state index is 13.2. The molecule has 10 nitrogen and oxygen atoms in total. The molecule has 1 amide bonds. The van der Waals surface area contributed by atoms with Crippen molar-refractivity contribution in [1.29, 1.82) is 0 Å². The molecule has 0 unspecified atom stereocenters. The summed E-state index contributed by atoms with van der Waals surface area (Å²) < 4.78 is 39.2. The van der Waals surface area contributed by atoms with Gasteiger partial charge in [-0.05, 0) is 50.1 Å². The summed E-state index contributed by atoms with van der Waals surface area (Å²) in [6.45, 7) is 2.25. The minimum absolute atomic E-state index is 0.00227. The number of ether oxygens (including phenoxy) is 1. The Morgan fingerprint density at radius 1 is 1.21 bits per heavy atom. The van der Waals surface area contributed by atoms with Crippen LogP contribution in [-0.4, -0.2) is 48.9 Å². The third kappa shape index (κ3) is 4.62. The quantitative estimate of drug-likeness (QED) is 0.529. The second-order valence-electron chi connectivity index (χ2n) is 8.05. The molecule has 1 aromatic heterocycles. The van der Waals surface area contributed by atoms with Crippen LogP contribution in [0.2, 0.25) is 0 Å². The maximum absolute atomic E-state index is 13.2. The van der Waals surface area contributed by atoms with Gasteiger partial charge in [0, 0.05) is 31.9 Å². The largest absolute Gasteiger partial charge is 0.462 e. The first-order chi connectivity index (χ1) is 16.2. The topological polar surface area (TPSA) is 128 Å². The smallest absolute Gasteiger partial charge is 0.419 e. The van der Waals surface area contributed by atoms with Gasteiger partial charge < -0.3 is 14.5 Å². The van der Waals surface area contributed by atoms with Gasteiger partial charge in [0.1, 0.15) is 0 Å². The molecule has 2 aromatic carbocycles. The van der Waals surface area contributed by atoms with Crippen LogP contribution in [0.4, 0.5) is 5.69 Å². The number of hydrogen-bond donors (Lipinski definition) is 1. The van der Waals surface area contributed by atoms with Gasteiger partial charge in [-0.2, -0.15) is 4.31 Å². The van der Waals surface area contributed by atoms with E-state index in [9.17, 15) is 22.8 Å². The fourth-order valence-electron chi connectivity index (χ4n) is 3.98. The number of amides is 1. The molecule has 180 valence electrons. The summed E-state index contributed by atoms with van der Waals surface area (Å²) >= 11 is 0. The van der Waals surface area contributed by atoms with E-state index in [4.69, 9.17) is 9.15 Å². The number of rotatable bonds is 6. The van der Waals surface area contributed by atoms with Crippen molar-refractivity contribution in [3.8, 4) is 0 Å². The van der Waals surface area contributed by atoms with E-state index in [0.717, 1.165) is 0 Å². The summed E-state index contributed by atoms with van der Waals surface area (Å²) in [7, 11) is -2.36. The number of fused-ring (bicyclic) bond motifs is 1. The molecule has 1 atom stereocenters. The molecule has 4 rings (SSSR count). The standard InChI is InChI=1S/C23H25N3O7S/c1-3-32-22(28)15-6-4-8-17(12-15)24-21(27)16-7-5-11-26(14-16)34(30,31)18-9-10-19-20(13-18)33-23(29)25(19)2/h4,6,8-10,12-13,16H,3,5,7,11,14H2,1-2H3,(H,24,27)/t16-/m0/s1. The predicted molar refractivity (Wildman–Crippen MR) is 124 cm³/mol. The lowest BCUT2D eigenvalue weighted by Gasteiger charge is -2.31. The zero-order valence-electron chi connectivity index (χ0n) is 18.8. The van der Waals surface area contributed by atoms with Crippen molar-refractivity contribution < 1.29 is 27.2 Å². The number of carbonyl (C=O) groups is 2. The number of aryl methyl sites for hydroxylation is 1. The third-order valence-corrected chi connectivity index (χ3v) is 7.66. The molecule has 1 saturated heterocycles. The number of carbonyl (C=O) groups excluding carboxylic acids is 2. The Hall–Kier alpha value is -3.44. The number of esters is 1. The average molecular weight is 488 g/mol. The molecule has 1 fully saturated rings. The third-order valence-electron chi connectivity index (χ3n) is 5.80. The zero-order chi connectivity index (χ0) is 24.5. The van der Waals surface area contributed by atoms with Gasteiger partial charge in [-0.15, -0.1) is 0 Å². The van der Waals surface area contributed by atoms with Gasteiger partial charge in [0.15, 0.2) is 5.58 Å². The van der Waals surface area contributed by atoms with E-state index < -0.39 is 27.7 Å². The Morgan fingerprint density at radius 3 is 2.76 bits per heavy atom. The van der Waals surface area contributed by atoms with Crippen LogP contribution in [0.1, 0.15) is 30.1 Å². The van der Waals surface area contributed by atoms with Crippen molar-refractivity contribution in [1.82, 2.24) is 8.87 Å². The van der Waals surface area contributed by atoms with E-state index in [0.29, 0.717) is 29.6 Å². The SMILES string of the molecule is CCOC(=O)c1cccc(NC(=O)[C@H]2CCCN(S(=O)(=O)c3ccc4c(c3)oc(=O)n4C)C2)c1. The molecule has 0 radical (unpaired) electrons. The van der Waals surface area contributed by atoms with Crippen molar-refractivity contribution >= 4 is 38.7 Å². The monoisotopic (exact) mass is 487 g/mol. The minimum atomic E-state index is -3.90. The number of sulfonamides is 1. The highest BCUT2D eigenvalue weighted by molar-refractivity contribution is 7.89. The maximum Gasteiger partial charge on any atom is 0.419 e. The summed E-state index contributed by atoms with van der Waals surface area (Å²) in [5.41, 5.74) is 1.42. The number of anilines is 1. The Morgan fingerprint density at radius 2 is 2.00 bits per heavy atom. The van der Waals surface area contributed by atoms with Gasteiger partial charge in [-0.1, -0.05) is 6.07 Å². The van der Waals surface area contributed by atoms with E-state index in [1.807, 2.05) is 0 Å². The van der Waals surface area contributed by atoms with Crippen LogP contribution in [-0.2, 0) is 26.6 Å². The van der Waals surface area contributed by atoms with Crippen LogP contribution in [0, 0.1) is 5.92 Å². The fraction of sp³-hybridized carbons (Fsp3) is 0.348. The Bertz CT molecular complexity index is 1410. The number of oxazole rings is 1. The van der Waals surface area contributed by atoms with E-state index >= 15 is 0 Å². The molecule has 11 heteroatoms. The number of piperidine rings is 1. The molecule has 2 heterocycles. The van der Waals surface area contributed by atoms with Crippen LogP contribution in [0.15, 0.2) is 56.6 Å². The molecule has 34 heavy (non-hydrogen) atoms. The Kier molecular flexibility index (Phi) is 6.58.